The van der Waals surface area contributed by atoms with Gasteiger partial charge in [0, 0.05) is 12.4 Å². The van der Waals surface area contributed by atoms with Crippen molar-refractivity contribution in [3.63, 3.8) is 0 Å². The molecule has 0 aliphatic heterocycles. The fraction of sp³-hybridized carbons (Fsp3) is 0.0455. The third-order valence-electron chi connectivity index (χ3n) is 4.41. The normalized spacial score (nSPS) is 10.6. The minimum absolute atomic E-state index is 0.189. The Morgan fingerprint density at radius 3 is 1.89 bits per heavy atom. The number of aryl methyl sites for hydroxylation is 1. The van der Waals surface area contributed by atoms with E-state index in [0.29, 0.717) is 10.8 Å². The molecule has 1 N–H and O–H groups in total. The van der Waals surface area contributed by atoms with Crippen molar-refractivity contribution >= 4 is 28.1 Å². The SMILES string of the molecule is Cn1nc(C(=O)NN(c2ccccc2)c2ccccc2)c2ccccc2c1=O. The van der Waals surface area contributed by atoms with Gasteiger partial charge in [0.2, 0.25) is 0 Å². The van der Waals surface area contributed by atoms with Crippen molar-refractivity contribution in [3.05, 3.63) is 101 Å². The monoisotopic (exact) mass is 370 g/mol. The molecule has 3 aromatic carbocycles. The van der Waals surface area contributed by atoms with Crippen molar-refractivity contribution in [2.24, 2.45) is 7.05 Å². The van der Waals surface area contributed by atoms with E-state index >= 15 is 0 Å². The van der Waals surface area contributed by atoms with Gasteiger partial charge in [-0.05, 0) is 30.3 Å². The van der Waals surface area contributed by atoms with Crippen molar-refractivity contribution in [2.75, 3.05) is 5.01 Å². The van der Waals surface area contributed by atoms with Crippen LogP contribution in [0.1, 0.15) is 10.5 Å². The molecular weight excluding hydrogens is 352 g/mol. The molecule has 6 heteroatoms. The average Bonchev–Trinajstić information content (AvgIpc) is 2.75. The number of carbonyl (C=O) groups excluding carboxylic acids is 1. The number of hydrazine groups is 1. The molecule has 1 aromatic heterocycles. The fourth-order valence-corrected chi connectivity index (χ4v) is 3.05. The Bertz CT molecular complexity index is 1150. The van der Waals surface area contributed by atoms with Gasteiger partial charge < -0.3 is 0 Å². The highest BCUT2D eigenvalue weighted by Crippen LogP contribution is 2.23. The van der Waals surface area contributed by atoms with Gasteiger partial charge in [-0.2, -0.15) is 5.10 Å². The van der Waals surface area contributed by atoms with Crippen LogP contribution in [0.15, 0.2) is 89.7 Å². The maximum absolute atomic E-state index is 13.1. The van der Waals surface area contributed by atoms with E-state index in [9.17, 15) is 9.59 Å². The smallest absolute Gasteiger partial charge is 0.267 e. The summed E-state index contributed by atoms with van der Waals surface area (Å²) in [6, 6.07) is 26.0. The van der Waals surface area contributed by atoms with Crippen LogP contribution >= 0.6 is 0 Å². The lowest BCUT2D eigenvalue weighted by Gasteiger charge is -2.25. The minimum atomic E-state index is -0.403. The molecule has 6 nitrogen and oxygen atoms in total. The van der Waals surface area contributed by atoms with E-state index in [1.165, 1.54) is 11.7 Å². The lowest BCUT2D eigenvalue weighted by Crippen LogP contribution is -2.40. The number of rotatable bonds is 4. The second-order valence-corrected chi connectivity index (χ2v) is 6.27. The first-order valence-corrected chi connectivity index (χ1v) is 8.82. The Morgan fingerprint density at radius 1 is 0.821 bits per heavy atom. The Hall–Kier alpha value is -3.93. The lowest BCUT2D eigenvalue weighted by molar-refractivity contribution is 0.0948. The van der Waals surface area contributed by atoms with Gasteiger partial charge in [-0.3, -0.25) is 20.0 Å². The number of nitrogens with zero attached hydrogens (tertiary/aromatic N) is 3. The van der Waals surface area contributed by atoms with Crippen LogP contribution in [0.2, 0.25) is 0 Å². The van der Waals surface area contributed by atoms with E-state index < -0.39 is 5.91 Å². The minimum Gasteiger partial charge on any atom is -0.267 e. The maximum Gasteiger partial charge on any atom is 0.291 e. The quantitative estimate of drug-likeness (QED) is 0.559. The zero-order valence-corrected chi connectivity index (χ0v) is 15.2. The number of nitrogens with one attached hydrogen (secondary N) is 1. The largest absolute Gasteiger partial charge is 0.291 e. The summed E-state index contributed by atoms with van der Waals surface area (Å²) < 4.78 is 1.19. The van der Waals surface area contributed by atoms with Gasteiger partial charge in [0.15, 0.2) is 5.69 Å². The van der Waals surface area contributed by atoms with Crippen LogP contribution in [0.4, 0.5) is 11.4 Å². The number of carbonyl (C=O) groups is 1. The Kier molecular flexibility index (Phi) is 4.60. The molecule has 138 valence electrons. The summed E-state index contributed by atoms with van der Waals surface area (Å²) >= 11 is 0. The van der Waals surface area contributed by atoms with Crippen molar-refractivity contribution in [1.29, 1.82) is 0 Å². The number of para-hydroxylation sites is 2. The molecule has 0 saturated carbocycles. The molecule has 0 bridgehead atoms. The van der Waals surface area contributed by atoms with Crippen LogP contribution < -0.4 is 16.0 Å². The predicted molar refractivity (Wildman–Crippen MR) is 109 cm³/mol. The third kappa shape index (κ3) is 3.23. The fourth-order valence-electron chi connectivity index (χ4n) is 3.05. The van der Waals surface area contributed by atoms with Gasteiger partial charge >= 0.3 is 0 Å². The Labute approximate surface area is 161 Å². The summed E-state index contributed by atoms with van der Waals surface area (Å²) in [5.74, 6) is -0.403. The van der Waals surface area contributed by atoms with Gasteiger partial charge in [0.25, 0.3) is 11.5 Å². The number of hydrogen-bond acceptors (Lipinski definition) is 4. The van der Waals surface area contributed by atoms with Crippen LogP contribution in [0.3, 0.4) is 0 Å². The summed E-state index contributed by atoms with van der Waals surface area (Å²) in [4.78, 5) is 25.5. The maximum atomic E-state index is 13.1. The van der Waals surface area contributed by atoms with Gasteiger partial charge in [-0.1, -0.05) is 54.6 Å². The van der Waals surface area contributed by atoms with E-state index in [2.05, 4.69) is 10.5 Å². The number of hydrogen-bond donors (Lipinski definition) is 1. The van der Waals surface area contributed by atoms with Crippen molar-refractivity contribution in [1.82, 2.24) is 15.2 Å². The summed E-state index contributed by atoms with van der Waals surface area (Å²) in [6.07, 6.45) is 0. The summed E-state index contributed by atoms with van der Waals surface area (Å²) in [7, 11) is 1.54. The summed E-state index contributed by atoms with van der Waals surface area (Å²) in [5, 5.41) is 6.88. The van der Waals surface area contributed by atoms with Crippen LogP contribution in [0.5, 0.6) is 0 Å². The molecule has 1 heterocycles. The molecule has 0 atom stereocenters. The number of benzene rings is 3. The first-order valence-electron chi connectivity index (χ1n) is 8.82. The van der Waals surface area contributed by atoms with Crippen molar-refractivity contribution < 1.29 is 4.79 Å². The molecule has 0 fully saturated rings. The standard InChI is InChI=1S/C22H18N4O2/c1-25-22(28)19-15-9-8-14-18(19)20(23-25)21(27)24-26(16-10-4-2-5-11-16)17-12-6-3-7-13-17/h2-15H,1H3,(H,24,27). The van der Waals surface area contributed by atoms with Gasteiger partial charge in [-0.25, -0.2) is 4.68 Å². The molecule has 4 rings (SSSR count). The van der Waals surface area contributed by atoms with Crippen molar-refractivity contribution in [3.8, 4) is 0 Å². The second-order valence-electron chi connectivity index (χ2n) is 6.27. The molecule has 1 amide bonds. The zero-order valence-electron chi connectivity index (χ0n) is 15.2. The Morgan fingerprint density at radius 2 is 1.32 bits per heavy atom. The molecule has 0 aliphatic rings. The molecule has 28 heavy (non-hydrogen) atoms. The van der Waals surface area contributed by atoms with Crippen LogP contribution in [-0.4, -0.2) is 15.7 Å². The predicted octanol–water partition coefficient (Wildman–Crippen LogP) is 3.42. The van der Waals surface area contributed by atoms with E-state index in [1.54, 1.807) is 29.3 Å². The van der Waals surface area contributed by atoms with Gasteiger partial charge in [0.05, 0.1) is 16.8 Å². The van der Waals surface area contributed by atoms with E-state index in [4.69, 9.17) is 0 Å². The Balaban J connectivity index is 1.79. The third-order valence-corrected chi connectivity index (χ3v) is 4.41. The molecule has 0 aliphatic carbocycles. The van der Waals surface area contributed by atoms with E-state index in [0.717, 1.165) is 11.4 Å². The number of amides is 1. The number of anilines is 2. The lowest BCUT2D eigenvalue weighted by atomic mass is 10.1. The van der Waals surface area contributed by atoms with Crippen molar-refractivity contribution in [2.45, 2.75) is 0 Å². The molecule has 0 spiro atoms. The van der Waals surface area contributed by atoms with E-state index in [-0.39, 0.29) is 11.3 Å². The first-order chi connectivity index (χ1) is 13.6. The highest BCUT2D eigenvalue weighted by atomic mass is 16.2. The first kappa shape index (κ1) is 17.5. The van der Waals surface area contributed by atoms with Gasteiger partial charge in [-0.15, -0.1) is 0 Å². The van der Waals surface area contributed by atoms with Crippen LogP contribution in [0.25, 0.3) is 10.8 Å². The zero-order chi connectivity index (χ0) is 19.5. The summed E-state index contributed by atoms with van der Waals surface area (Å²) in [5.41, 5.74) is 4.47. The van der Waals surface area contributed by atoms with Crippen LogP contribution in [0, 0.1) is 0 Å². The van der Waals surface area contributed by atoms with Crippen LogP contribution in [-0.2, 0) is 7.05 Å². The molecule has 4 aromatic rings. The molecule has 0 radical (unpaired) electrons. The highest BCUT2D eigenvalue weighted by molar-refractivity contribution is 6.05. The van der Waals surface area contributed by atoms with Gasteiger partial charge in [0.1, 0.15) is 0 Å². The highest BCUT2D eigenvalue weighted by Gasteiger charge is 2.19. The number of fused-ring (bicyclic) bond motifs is 1. The molecule has 0 unspecified atom stereocenters. The molecule has 0 saturated heterocycles. The topological polar surface area (TPSA) is 67.2 Å². The number of aromatic nitrogens is 2. The second kappa shape index (κ2) is 7.36. The average molecular weight is 370 g/mol. The molecular formula is C22H18N4O2. The summed E-state index contributed by atoms with van der Waals surface area (Å²) in [6.45, 7) is 0. The van der Waals surface area contributed by atoms with E-state index in [1.807, 2.05) is 60.7 Å².